The molecule has 2 N–H and O–H groups in total. The molecule has 3 aromatic rings. The number of ether oxygens (including phenoxy) is 2. The molecule has 0 saturated carbocycles. The summed E-state index contributed by atoms with van der Waals surface area (Å²) in [6.07, 6.45) is 0.919. The maximum Gasteiger partial charge on any atom is 0.243 e. The summed E-state index contributed by atoms with van der Waals surface area (Å²) in [4.78, 5) is 12.3. The quantitative estimate of drug-likeness (QED) is 0.491. The van der Waals surface area contributed by atoms with Crippen molar-refractivity contribution in [3.63, 3.8) is 0 Å². The molecule has 5 heteroatoms. The van der Waals surface area contributed by atoms with Crippen LogP contribution in [0, 0.1) is 0 Å². The Labute approximate surface area is 178 Å². The zero-order valence-corrected chi connectivity index (χ0v) is 17.4. The van der Waals surface area contributed by atoms with Crippen molar-refractivity contribution < 1.29 is 14.3 Å². The Hall–Kier alpha value is -3.47. The summed E-state index contributed by atoms with van der Waals surface area (Å²) in [6, 6.07) is 25.2. The number of hydrogen-bond donors (Lipinski definition) is 2. The van der Waals surface area contributed by atoms with Crippen LogP contribution in [0.25, 0.3) is 0 Å². The number of rotatable bonds is 10. The molecule has 0 fully saturated rings. The molecule has 0 aliphatic heterocycles. The predicted molar refractivity (Wildman–Crippen MR) is 121 cm³/mol. The van der Waals surface area contributed by atoms with Gasteiger partial charge in [-0.3, -0.25) is 4.79 Å². The summed E-state index contributed by atoms with van der Waals surface area (Å²) in [5, 5.41) is 6.02. The molecule has 30 heavy (non-hydrogen) atoms. The van der Waals surface area contributed by atoms with Gasteiger partial charge in [-0.2, -0.15) is 0 Å². The van der Waals surface area contributed by atoms with Gasteiger partial charge in [0.1, 0.15) is 11.5 Å². The number of hydrogen-bond acceptors (Lipinski definition) is 4. The summed E-state index contributed by atoms with van der Waals surface area (Å²) in [5.41, 5.74) is 2.77. The molecule has 0 bridgehead atoms. The third-order valence-corrected chi connectivity index (χ3v) is 4.33. The number of carbonyl (C=O) groups excluding carboxylic acids is 1. The van der Waals surface area contributed by atoms with Crippen LogP contribution < -0.4 is 20.1 Å². The molecule has 0 unspecified atom stereocenters. The van der Waals surface area contributed by atoms with E-state index < -0.39 is 0 Å². The number of para-hydroxylation sites is 2. The second kappa shape index (κ2) is 10.9. The Kier molecular flexibility index (Phi) is 7.72. The van der Waals surface area contributed by atoms with Gasteiger partial charge in [-0.15, -0.1) is 0 Å². The van der Waals surface area contributed by atoms with E-state index in [1.54, 1.807) is 0 Å². The SMILES string of the molecule is CC(C)Oc1ccccc1NCC(=O)Nc1ccc(OCCc2ccccc2)cc1. The Bertz CT molecular complexity index is 925. The Morgan fingerprint density at radius 1 is 0.900 bits per heavy atom. The number of carbonyl (C=O) groups is 1. The molecule has 5 nitrogen and oxygen atoms in total. The smallest absolute Gasteiger partial charge is 0.243 e. The van der Waals surface area contributed by atoms with Crippen molar-refractivity contribution in [2.45, 2.75) is 26.4 Å². The van der Waals surface area contributed by atoms with Crippen LogP contribution in [0.2, 0.25) is 0 Å². The number of anilines is 2. The van der Waals surface area contributed by atoms with Gasteiger partial charge in [0, 0.05) is 12.1 Å². The third-order valence-electron chi connectivity index (χ3n) is 4.33. The maximum atomic E-state index is 12.3. The monoisotopic (exact) mass is 404 g/mol. The minimum absolute atomic E-state index is 0.0650. The molecule has 156 valence electrons. The highest BCUT2D eigenvalue weighted by Gasteiger charge is 2.07. The van der Waals surface area contributed by atoms with Crippen molar-refractivity contribution in [1.82, 2.24) is 0 Å². The zero-order valence-electron chi connectivity index (χ0n) is 17.4. The predicted octanol–water partition coefficient (Wildman–Crippen LogP) is 5.15. The van der Waals surface area contributed by atoms with E-state index in [1.165, 1.54) is 5.56 Å². The molecule has 0 atom stereocenters. The van der Waals surface area contributed by atoms with Gasteiger partial charge in [0.05, 0.1) is 24.9 Å². The highest BCUT2D eigenvalue weighted by Crippen LogP contribution is 2.24. The van der Waals surface area contributed by atoms with Crippen molar-refractivity contribution >= 4 is 17.3 Å². The molecule has 0 spiro atoms. The van der Waals surface area contributed by atoms with Crippen molar-refractivity contribution in [2.24, 2.45) is 0 Å². The Morgan fingerprint density at radius 2 is 1.60 bits per heavy atom. The molecule has 0 aliphatic carbocycles. The van der Waals surface area contributed by atoms with Crippen molar-refractivity contribution in [3.8, 4) is 11.5 Å². The average molecular weight is 405 g/mol. The molecule has 1 amide bonds. The normalized spacial score (nSPS) is 10.5. The molecule has 3 aromatic carbocycles. The summed E-state index contributed by atoms with van der Waals surface area (Å²) < 4.78 is 11.5. The van der Waals surface area contributed by atoms with E-state index in [0.717, 1.165) is 29.3 Å². The summed E-state index contributed by atoms with van der Waals surface area (Å²) >= 11 is 0. The van der Waals surface area contributed by atoms with Gasteiger partial charge in [0.25, 0.3) is 0 Å². The van der Waals surface area contributed by atoms with Gasteiger partial charge in [0.2, 0.25) is 5.91 Å². The fourth-order valence-corrected chi connectivity index (χ4v) is 2.92. The number of nitrogens with one attached hydrogen (secondary N) is 2. The number of benzene rings is 3. The van der Waals surface area contributed by atoms with E-state index in [2.05, 4.69) is 22.8 Å². The van der Waals surface area contributed by atoms with E-state index in [-0.39, 0.29) is 18.6 Å². The van der Waals surface area contributed by atoms with E-state index in [0.29, 0.717) is 6.61 Å². The van der Waals surface area contributed by atoms with Gasteiger partial charge >= 0.3 is 0 Å². The van der Waals surface area contributed by atoms with Crippen LogP contribution in [0.5, 0.6) is 11.5 Å². The van der Waals surface area contributed by atoms with Crippen molar-refractivity contribution in [2.75, 3.05) is 23.8 Å². The minimum Gasteiger partial charge on any atom is -0.493 e. The first-order chi connectivity index (χ1) is 14.6. The first-order valence-corrected chi connectivity index (χ1v) is 10.2. The Balaban J connectivity index is 1.44. The molecule has 0 heterocycles. The second-order valence-corrected chi connectivity index (χ2v) is 7.17. The first kappa shape index (κ1) is 21.2. The molecular formula is C25H28N2O3. The van der Waals surface area contributed by atoms with E-state index in [4.69, 9.17) is 9.47 Å². The topological polar surface area (TPSA) is 59.6 Å². The second-order valence-electron chi connectivity index (χ2n) is 7.17. The fraction of sp³-hybridized carbons (Fsp3) is 0.240. The van der Waals surface area contributed by atoms with Gasteiger partial charge in [-0.1, -0.05) is 42.5 Å². The summed E-state index contributed by atoms with van der Waals surface area (Å²) in [6.45, 7) is 4.70. The van der Waals surface area contributed by atoms with Crippen LogP contribution in [0.3, 0.4) is 0 Å². The van der Waals surface area contributed by atoms with Crippen LogP contribution in [0.1, 0.15) is 19.4 Å². The lowest BCUT2D eigenvalue weighted by atomic mass is 10.2. The lowest BCUT2D eigenvalue weighted by Gasteiger charge is -2.15. The standard InChI is InChI=1S/C25H28N2O3/c1-19(2)30-24-11-7-6-10-23(24)26-18-25(28)27-21-12-14-22(15-13-21)29-17-16-20-8-4-3-5-9-20/h3-15,19,26H,16-18H2,1-2H3,(H,27,28). The van der Waals surface area contributed by atoms with Gasteiger partial charge < -0.3 is 20.1 Å². The first-order valence-electron chi connectivity index (χ1n) is 10.2. The molecule has 0 aliphatic rings. The average Bonchev–Trinajstić information content (AvgIpc) is 2.75. The van der Waals surface area contributed by atoms with E-state index in [1.807, 2.05) is 80.6 Å². The van der Waals surface area contributed by atoms with Crippen LogP contribution >= 0.6 is 0 Å². The lowest BCUT2D eigenvalue weighted by molar-refractivity contribution is -0.114. The highest BCUT2D eigenvalue weighted by atomic mass is 16.5. The van der Waals surface area contributed by atoms with Crippen LogP contribution in [0.15, 0.2) is 78.9 Å². The van der Waals surface area contributed by atoms with Crippen LogP contribution in [-0.2, 0) is 11.2 Å². The summed E-state index contributed by atoms with van der Waals surface area (Å²) in [7, 11) is 0. The third kappa shape index (κ3) is 6.85. The van der Waals surface area contributed by atoms with E-state index >= 15 is 0 Å². The molecule has 0 saturated heterocycles. The highest BCUT2D eigenvalue weighted by molar-refractivity contribution is 5.94. The molecular weight excluding hydrogens is 376 g/mol. The maximum absolute atomic E-state index is 12.3. The van der Waals surface area contributed by atoms with Gasteiger partial charge in [0.15, 0.2) is 0 Å². The molecule has 0 radical (unpaired) electrons. The number of amides is 1. The summed E-state index contributed by atoms with van der Waals surface area (Å²) in [5.74, 6) is 1.38. The zero-order chi connectivity index (χ0) is 21.2. The van der Waals surface area contributed by atoms with Crippen molar-refractivity contribution in [3.05, 3.63) is 84.4 Å². The van der Waals surface area contributed by atoms with Gasteiger partial charge in [-0.05, 0) is 55.8 Å². The fourth-order valence-electron chi connectivity index (χ4n) is 2.92. The molecule has 0 aromatic heterocycles. The van der Waals surface area contributed by atoms with Crippen LogP contribution in [0.4, 0.5) is 11.4 Å². The minimum atomic E-state index is -0.132. The van der Waals surface area contributed by atoms with E-state index in [9.17, 15) is 4.79 Å². The Morgan fingerprint density at radius 3 is 2.33 bits per heavy atom. The largest absolute Gasteiger partial charge is 0.493 e. The van der Waals surface area contributed by atoms with Crippen molar-refractivity contribution in [1.29, 1.82) is 0 Å². The lowest BCUT2D eigenvalue weighted by Crippen LogP contribution is -2.22. The van der Waals surface area contributed by atoms with Crippen LogP contribution in [-0.4, -0.2) is 25.2 Å². The van der Waals surface area contributed by atoms with Gasteiger partial charge in [-0.25, -0.2) is 0 Å². The molecule has 3 rings (SSSR count).